The number of fused-ring (bicyclic) bond motifs is 3. The van der Waals surface area contributed by atoms with Crippen LogP contribution in [-0.4, -0.2) is 5.11 Å². The van der Waals surface area contributed by atoms with Crippen LogP contribution in [-0.2, 0) is 5.60 Å². The molecule has 3 aromatic carbocycles. The SMILES string of the molecule is OC1(c2ccccc2)c2cc(Cl)ccc2-c2ccc(I)cc21. The van der Waals surface area contributed by atoms with Crippen LogP contribution in [0.25, 0.3) is 11.1 Å². The molecule has 0 aliphatic heterocycles. The molecule has 0 fully saturated rings. The molecule has 1 aliphatic carbocycles. The predicted octanol–water partition coefficient (Wildman–Crippen LogP) is 5.21. The molecule has 4 rings (SSSR count). The first kappa shape index (κ1) is 14.2. The summed E-state index contributed by atoms with van der Waals surface area (Å²) in [6, 6.07) is 21.7. The molecular weight excluding hydrogens is 407 g/mol. The van der Waals surface area contributed by atoms with Gasteiger partial charge in [0.25, 0.3) is 0 Å². The van der Waals surface area contributed by atoms with Crippen molar-refractivity contribution in [1.29, 1.82) is 0 Å². The highest BCUT2D eigenvalue weighted by Crippen LogP contribution is 2.51. The summed E-state index contributed by atoms with van der Waals surface area (Å²) in [5, 5.41) is 12.3. The van der Waals surface area contributed by atoms with Crippen LogP contribution in [0, 0.1) is 3.57 Å². The quantitative estimate of drug-likeness (QED) is 0.538. The van der Waals surface area contributed by atoms with E-state index < -0.39 is 5.60 Å². The monoisotopic (exact) mass is 418 g/mol. The lowest BCUT2D eigenvalue weighted by Gasteiger charge is -2.26. The third-order valence-corrected chi connectivity index (χ3v) is 5.13. The first-order chi connectivity index (χ1) is 10.6. The van der Waals surface area contributed by atoms with E-state index in [1.54, 1.807) is 0 Å². The Kier molecular flexibility index (Phi) is 3.29. The number of rotatable bonds is 1. The Morgan fingerprint density at radius 2 is 1.45 bits per heavy atom. The summed E-state index contributed by atoms with van der Waals surface area (Å²) >= 11 is 8.48. The zero-order chi connectivity index (χ0) is 15.3. The summed E-state index contributed by atoms with van der Waals surface area (Å²) in [4.78, 5) is 0. The van der Waals surface area contributed by atoms with Crippen molar-refractivity contribution in [2.45, 2.75) is 5.60 Å². The number of hydrogen-bond acceptors (Lipinski definition) is 1. The van der Waals surface area contributed by atoms with E-state index in [9.17, 15) is 5.11 Å². The van der Waals surface area contributed by atoms with E-state index >= 15 is 0 Å². The molecule has 1 nitrogen and oxygen atoms in total. The lowest BCUT2D eigenvalue weighted by Crippen LogP contribution is -2.26. The fraction of sp³-hybridized carbons (Fsp3) is 0.0526. The molecule has 3 aromatic rings. The number of halogens is 2. The third-order valence-electron chi connectivity index (χ3n) is 4.22. The summed E-state index contributed by atoms with van der Waals surface area (Å²) in [6.07, 6.45) is 0. The average Bonchev–Trinajstić information content (AvgIpc) is 2.78. The number of aliphatic hydroxyl groups is 1. The molecule has 0 saturated carbocycles. The molecular formula is C19H12ClIO. The van der Waals surface area contributed by atoms with Crippen molar-refractivity contribution in [3.63, 3.8) is 0 Å². The Hall–Kier alpha value is -1.36. The van der Waals surface area contributed by atoms with Gasteiger partial charge >= 0.3 is 0 Å². The molecule has 1 aliphatic rings. The molecule has 0 aromatic heterocycles. The van der Waals surface area contributed by atoms with Gasteiger partial charge < -0.3 is 5.11 Å². The van der Waals surface area contributed by atoms with E-state index in [-0.39, 0.29) is 0 Å². The van der Waals surface area contributed by atoms with Crippen LogP contribution in [0.1, 0.15) is 16.7 Å². The van der Waals surface area contributed by atoms with E-state index in [0.717, 1.165) is 31.4 Å². The first-order valence-corrected chi connectivity index (χ1v) is 8.45. The predicted molar refractivity (Wildman–Crippen MR) is 98.1 cm³/mol. The fourth-order valence-electron chi connectivity index (χ4n) is 3.24. The van der Waals surface area contributed by atoms with Crippen LogP contribution in [0.15, 0.2) is 66.7 Å². The summed E-state index contributed by atoms with van der Waals surface area (Å²) in [5.74, 6) is 0. The first-order valence-electron chi connectivity index (χ1n) is 6.99. The molecule has 0 bridgehead atoms. The van der Waals surface area contributed by atoms with E-state index in [4.69, 9.17) is 11.6 Å². The zero-order valence-corrected chi connectivity index (χ0v) is 14.5. The highest BCUT2D eigenvalue weighted by Gasteiger charge is 2.43. The lowest BCUT2D eigenvalue weighted by atomic mass is 9.84. The molecule has 0 amide bonds. The van der Waals surface area contributed by atoms with Gasteiger partial charge in [-0.05, 0) is 63.5 Å². The molecule has 22 heavy (non-hydrogen) atoms. The van der Waals surface area contributed by atoms with Gasteiger partial charge in [-0.25, -0.2) is 0 Å². The van der Waals surface area contributed by atoms with Gasteiger partial charge in [-0.3, -0.25) is 0 Å². The average molecular weight is 419 g/mol. The second kappa shape index (κ2) is 5.08. The van der Waals surface area contributed by atoms with Gasteiger partial charge in [-0.15, -0.1) is 0 Å². The van der Waals surface area contributed by atoms with Crippen LogP contribution in [0.4, 0.5) is 0 Å². The molecule has 1 unspecified atom stereocenters. The Morgan fingerprint density at radius 3 is 2.18 bits per heavy atom. The normalized spacial score (nSPS) is 18.9. The molecule has 1 atom stereocenters. The Morgan fingerprint density at radius 1 is 0.818 bits per heavy atom. The van der Waals surface area contributed by atoms with Crippen LogP contribution >= 0.6 is 34.2 Å². The maximum Gasteiger partial charge on any atom is 0.141 e. The molecule has 0 heterocycles. The molecule has 108 valence electrons. The van der Waals surface area contributed by atoms with Crippen LogP contribution in [0.2, 0.25) is 5.02 Å². The minimum atomic E-state index is -1.15. The van der Waals surface area contributed by atoms with Crippen molar-refractivity contribution in [1.82, 2.24) is 0 Å². The van der Waals surface area contributed by atoms with Gasteiger partial charge in [0, 0.05) is 19.7 Å². The standard InChI is InChI=1S/C19H12ClIO/c20-13-6-8-15-16-9-7-14(21)11-18(16)19(22,17(15)10-13)12-4-2-1-3-5-12/h1-11,22H. The largest absolute Gasteiger partial charge is 0.376 e. The summed E-state index contributed by atoms with van der Waals surface area (Å²) in [6.45, 7) is 0. The summed E-state index contributed by atoms with van der Waals surface area (Å²) < 4.78 is 1.10. The maximum atomic E-state index is 11.7. The Bertz CT molecular complexity index is 822. The van der Waals surface area contributed by atoms with E-state index in [2.05, 4.69) is 40.8 Å². The minimum absolute atomic E-state index is 0.635. The van der Waals surface area contributed by atoms with E-state index in [0.29, 0.717) is 5.02 Å². The van der Waals surface area contributed by atoms with Crippen molar-refractivity contribution in [2.75, 3.05) is 0 Å². The number of benzene rings is 3. The van der Waals surface area contributed by atoms with E-state index in [1.807, 2.05) is 48.5 Å². The summed E-state index contributed by atoms with van der Waals surface area (Å²) in [5.41, 5.74) is 3.59. The highest BCUT2D eigenvalue weighted by molar-refractivity contribution is 14.1. The van der Waals surface area contributed by atoms with Gasteiger partial charge in [0.15, 0.2) is 0 Å². The Labute approximate surface area is 147 Å². The maximum absolute atomic E-state index is 11.7. The van der Waals surface area contributed by atoms with E-state index in [1.165, 1.54) is 0 Å². The molecule has 0 saturated heterocycles. The second-order valence-corrected chi connectivity index (χ2v) is 7.14. The highest BCUT2D eigenvalue weighted by atomic mass is 127. The van der Waals surface area contributed by atoms with Crippen LogP contribution < -0.4 is 0 Å². The van der Waals surface area contributed by atoms with Crippen LogP contribution in [0.5, 0.6) is 0 Å². The van der Waals surface area contributed by atoms with Crippen molar-refractivity contribution in [3.8, 4) is 11.1 Å². The van der Waals surface area contributed by atoms with Gasteiger partial charge in [0.2, 0.25) is 0 Å². The van der Waals surface area contributed by atoms with Crippen LogP contribution in [0.3, 0.4) is 0 Å². The Balaban J connectivity index is 2.11. The molecule has 0 radical (unpaired) electrons. The molecule has 0 spiro atoms. The van der Waals surface area contributed by atoms with Gasteiger partial charge in [0.05, 0.1) is 0 Å². The fourth-order valence-corrected chi connectivity index (χ4v) is 3.90. The molecule has 1 N–H and O–H groups in total. The lowest BCUT2D eigenvalue weighted by molar-refractivity contribution is 0.130. The summed E-state index contributed by atoms with van der Waals surface area (Å²) in [7, 11) is 0. The van der Waals surface area contributed by atoms with Gasteiger partial charge in [-0.2, -0.15) is 0 Å². The van der Waals surface area contributed by atoms with Gasteiger partial charge in [0.1, 0.15) is 5.60 Å². The molecule has 3 heteroatoms. The second-order valence-electron chi connectivity index (χ2n) is 5.46. The van der Waals surface area contributed by atoms with Gasteiger partial charge in [-0.1, -0.05) is 54.1 Å². The van der Waals surface area contributed by atoms with Crippen molar-refractivity contribution < 1.29 is 5.11 Å². The van der Waals surface area contributed by atoms with Crippen molar-refractivity contribution in [2.24, 2.45) is 0 Å². The minimum Gasteiger partial charge on any atom is -0.376 e. The smallest absolute Gasteiger partial charge is 0.141 e. The third kappa shape index (κ3) is 1.94. The van der Waals surface area contributed by atoms with Crippen molar-refractivity contribution >= 4 is 34.2 Å². The topological polar surface area (TPSA) is 20.2 Å². The number of hydrogen-bond donors (Lipinski definition) is 1. The zero-order valence-electron chi connectivity index (χ0n) is 11.6. The van der Waals surface area contributed by atoms with Crippen molar-refractivity contribution in [3.05, 3.63) is 92.0 Å².